The standard InChI is InChI=1S/C8H6ClN3S.2CHN/c9-5-2-1-3-6-8(5)12-7(13-6)4-11-10;2*1-2/h1-4H,10H2;2*1H. The van der Waals surface area contributed by atoms with Crippen LogP contribution in [0.4, 0.5) is 0 Å². The number of fused-ring (bicyclic) bond motifs is 1. The van der Waals surface area contributed by atoms with Crippen molar-refractivity contribution in [3.05, 3.63) is 28.2 Å². The summed E-state index contributed by atoms with van der Waals surface area (Å²) in [5.41, 5.74) is 0.809. The molecule has 0 spiro atoms. The molecule has 1 aromatic heterocycles. The van der Waals surface area contributed by atoms with Crippen molar-refractivity contribution in [3.63, 3.8) is 0 Å². The van der Waals surface area contributed by atoms with Crippen molar-refractivity contribution in [1.82, 2.24) is 4.98 Å². The molecule has 0 radical (unpaired) electrons. The molecule has 86 valence electrons. The first-order chi connectivity index (χ1) is 8.31. The van der Waals surface area contributed by atoms with E-state index in [-0.39, 0.29) is 0 Å². The first kappa shape index (κ1) is 14.8. The first-order valence-electron chi connectivity index (χ1n) is 4.11. The van der Waals surface area contributed by atoms with Crippen molar-refractivity contribution in [1.29, 1.82) is 10.5 Å². The first-order valence-corrected chi connectivity index (χ1v) is 5.30. The number of aromatic nitrogens is 1. The van der Waals surface area contributed by atoms with E-state index in [0.717, 1.165) is 15.2 Å². The summed E-state index contributed by atoms with van der Waals surface area (Å²) < 4.78 is 1.04. The van der Waals surface area contributed by atoms with Gasteiger partial charge in [-0.1, -0.05) is 17.7 Å². The highest BCUT2D eigenvalue weighted by atomic mass is 35.5. The third-order valence-corrected chi connectivity index (χ3v) is 2.83. The van der Waals surface area contributed by atoms with Crippen LogP contribution in [0.15, 0.2) is 23.3 Å². The fourth-order valence-electron chi connectivity index (χ4n) is 1.05. The highest BCUT2D eigenvalue weighted by Gasteiger charge is 2.04. The van der Waals surface area contributed by atoms with Crippen molar-refractivity contribution >= 4 is 39.4 Å². The normalized spacial score (nSPS) is 9.00. The topological polar surface area (TPSA) is 98.8 Å². The maximum absolute atomic E-state index is 6.50. The van der Waals surface area contributed by atoms with Crippen LogP contribution in [0.3, 0.4) is 0 Å². The number of benzene rings is 1. The van der Waals surface area contributed by atoms with Crippen LogP contribution in [0, 0.1) is 23.7 Å². The summed E-state index contributed by atoms with van der Waals surface area (Å²) in [7, 11) is 0. The lowest BCUT2D eigenvalue weighted by Gasteiger charge is -1.87. The number of halogens is 1. The van der Waals surface area contributed by atoms with E-state index in [9.17, 15) is 0 Å². The van der Waals surface area contributed by atoms with E-state index < -0.39 is 0 Å². The summed E-state index contributed by atoms with van der Waals surface area (Å²) in [6.07, 6.45) is 1.51. The number of nitrogens with two attached hydrogens (primary N) is 1. The highest BCUT2D eigenvalue weighted by molar-refractivity contribution is 7.20. The molecule has 17 heavy (non-hydrogen) atoms. The van der Waals surface area contributed by atoms with E-state index in [1.165, 1.54) is 17.6 Å². The molecule has 0 unspecified atom stereocenters. The molecule has 0 aliphatic heterocycles. The van der Waals surface area contributed by atoms with Gasteiger partial charge in [0.2, 0.25) is 0 Å². The number of thiazole rings is 1. The van der Waals surface area contributed by atoms with Gasteiger partial charge in [-0.25, -0.2) is 15.5 Å². The van der Waals surface area contributed by atoms with Crippen LogP contribution in [-0.4, -0.2) is 11.2 Å². The maximum atomic E-state index is 6.50. The molecule has 0 fully saturated rings. The van der Waals surface area contributed by atoms with Gasteiger partial charge in [-0.2, -0.15) is 5.10 Å². The number of rotatable bonds is 1. The van der Waals surface area contributed by atoms with Gasteiger partial charge in [-0.05, 0) is 12.1 Å². The average molecular weight is 266 g/mol. The van der Waals surface area contributed by atoms with Crippen LogP contribution >= 0.6 is 22.9 Å². The lowest BCUT2D eigenvalue weighted by atomic mass is 10.3. The Kier molecular flexibility index (Phi) is 7.04. The molecule has 0 amide bonds. The van der Waals surface area contributed by atoms with E-state index in [4.69, 9.17) is 28.0 Å². The summed E-state index contributed by atoms with van der Waals surface area (Å²) >= 11 is 7.45. The van der Waals surface area contributed by atoms with Gasteiger partial charge < -0.3 is 5.84 Å². The number of para-hydroxylation sites is 1. The molecule has 0 saturated heterocycles. The summed E-state index contributed by atoms with van der Waals surface area (Å²) in [4.78, 5) is 4.26. The fraction of sp³-hybridized carbons (Fsp3) is 0. The van der Waals surface area contributed by atoms with Gasteiger partial charge in [0, 0.05) is 13.1 Å². The van der Waals surface area contributed by atoms with Crippen LogP contribution in [0.5, 0.6) is 0 Å². The Morgan fingerprint density at radius 2 is 2.00 bits per heavy atom. The van der Waals surface area contributed by atoms with Gasteiger partial charge in [0.25, 0.3) is 0 Å². The van der Waals surface area contributed by atoms with Crippen LogP contribution in [0.2, 0.25) is 5.02 Å². The molecule has 1 heterocycles. The minimum Gasteiger partial charge on any atom is -0.323 e. The summed E-state index contributed by atoms with van der Waals surface area (Å²) in [6, 6.07) is 5.67. The monoisotopic (exact) mass is 265 g/mol. The Hall–Kier alpha value is -2.15. The zero-order valence-corrected chi connectivity index (χ0v) is 10.2. The van der Waals surface area contributed by atoms with Gasteiger partial charge >= 0.3 is 0 Å². The Balaban J connectivity index is 0.000000581. The number of hydrogen-bond acceptors (Lipinski definition) is 6. The molecular weight excluding hydrogens is 258 g/mol. The van der Waals surface area contributed by atoms with E-state index >= 15 is 0 Å². The van der Waals surface area contributed by atoms with Crippen molar-refractivity contribution in [3.8, 4) is 13.1 Å². The summed E-state index contributed by atoms with van der Waals surface area (Å²) in [6.45, 7) is 7.00. The molecule has 0 bridgehead atoms. The van der Waals surface area contributed by atoms with E-state index in [2.05, 4.69) is 23.2 Å². The van der Waals surface area contributed by atoms with Crippen molar-refractivity contribution in [2.45, 2.75) is 0 Å². The third-order valence-electron chi connectivity index (χ3n) is 1.57. The number of nitriles is 2. The second-order valence-electron chi connectivity index (χ2n) is 2.42. The van der Waals surface area contributed by atoms with E-state index in [0.29, 0.717) is 5.02 Å². The van der Waals surface area contributed by atoms with Gasteiger partial charge in [0.05, 0.1) is 15.9 Å². The van der Waals surface area contributed by atoms with Crippen LogP contribution in [0.25, 0.3) is 10.2 Å². The van der Waals surface area contributed by atoms with Crippen molar-refractivity contribution < 1.29 is 0 Å². The quantitative estimate of drug-likeness (QED) is 0.486. The van der Waals surface area contributed by atoms with Gasteiger partial charge in [0.15, 0.2) is 0 Å². The lowest BCUT2D eigenvalue weighted by Crippen LogP contribution is -1.83. The minimum absolute atomic E-state index is 0.658. The summed E-state index contributed by atoms with van der Waals surface area (Å²) in [5, 5.41) is 17.8. The summed E-state index contributed by atoms with van der Waals surface area (Å²) in [5.74, 6) is 5.02. The molecule has 2 aromatic rings. The molecule has 0 aliphatic rings. The number of hydrogen-bond donors (Lipinski definition) is 1. The zero-order chi connectivity index (χ0) is 13.3. The van der Waals surface area contributed by atoms with E-state index in [1.54, 1.807) is 0 Å². The average Bonchev–Trinajstić information content (AvgIpc) is 2.79. The second-order valence-corrected chi connectivity index (χ2v) is 3.89. The Morgan fingerprint density at radius 1 is 1.35 bits per heavy atom. The fourth-order valence-corrected chi connectivity index (χ4v) is 2.20. The molecule has 2 N–H and O–H groups in total. The van der Waals surface area contributed by atoms with Gasteiger partial charge in [-0.3, -0.25) is 0 Å². The predicted molar refractivity (Wildman–Crippen MR) is 69.8 cm³/mol. The number of nitrogens with zero attached hydrogens (tertiary/aromatic N) is 4. The molecule has 7 heteroatoms. The van der Waals surface area contributed by atoms with Gasteiger partial charge in [-0.15, -0.1) is 11.3 Å². The zero-order valence-electron chi connectivity index (χ0n) is 8.62. The molecule has 1 aromatic carbocycles. The molecule has 0 aliphatic carbocycles. The van der Waals surface area contributed by atoms with Crippen LogP contribution in [-0.2, 0) is 0 Å². The molecule has 5 nitrogen and oxygen atoms in total. The second kappa shape index (κ2) is 8.05. The Labute approximate surface area is 107 Å². The van der Waals surface area contributed by atoms with Crippen LogP contribution < -0.4 is 5.84 Å². The minimum atomic E-state index is 0.658. The van der Waals surface area contributed by atoms with Crippen molar-refractivity contribution in [2.24, 2.45) is 10.9 Å². The smallest absolute Gasteiger partial charge is 0.137 e. The third kappa shape index (κ3) is 3.72. The largest absolute Gasteiger partial charge is 0.323 e. The molecular formula is C10H8ClN5S. The molecule has 0 atom stereocenters. The van der Waals surface area contributed by atoms with E-state index in [1.807, 2.05) is 18.2 Å². The maximum Gasteiger partial charge on any atom is 0.137 e. The highest BCUT2D eigenvalue weighted by Crippen LogP contribution is 2.26. The van der Waals surface area contributed by atoms with Gasteiger partial charge in [0.1, 0.15) is 10.5 Å². The van der Waals surface area contributed by atoms with Crippen molar-refractivity contribution in [2.75, 3.05) is 0 Å². The SMILES string of the molecule is C#N.C#N.NN=Cc1nc2c(Cl)cccc2s1. The lowest BCUT2D eigenvalue weighted by molar-refractivity contribution is 1.26. The number of hydrazone groups is 1. The predicted octanol–water partition coefficient (Wildman–Crippen LogP) is 2.52. The Bertz CT molecular complexity index is 537. The molecule has 2 rings (SSSR count). The molecule has 0 saturated carbocycles. The van der Waals surface area contributed by atoms with Crippen LogP contribution in [0.1, 0.15) is 5.01 Å². The Morgan fingerprint density at radius 3 is 2.53 bits per heavy atom.